The molecule has 1 amide bonds. The van der Waals surface area contributed by atoms with Crippen LogP contribution in [-0.4, -0.2) is 21.1 Å². The van der Waals surface area contributed by atoms with Gasteiger partial charge in [0.15, 0.2) is 5.65 Å². The smallest absolute Gasteiger partial charge is 0.227 e. The third kappa shape index (κ3) is 1.54. The lowest BCUT2D eigenvalue weighted by Crippen LogP contribution is -2.13. The minimum Gasteiger partial charge on any atom is -0.324 e. The maximum atomic E-state index is 11.6. The summed E-state index contributed by atoms with van der Waals surface area (Å²) < 4.78 is 0. The van der Waals surface area contributed by atoms with Gasteiger partial charge in [0, 0.05) is 17.0 Å². The molecule has 1 fully saturated rings. The number of hydrogen-bond acceptors (Lipinski definition) is 3. The van der Waals surface area contributed by atoms with E-state index in [0.29, 0.717) is 5.65 Å². The molecule has 0 spiro atoms. The van der Waals surface area contributed by atoms with E-state index in [1.165, 1.54) is 0 Å². The third-order valence-corrected chi connectivity index (χ3v) is 2.82. The molecule has 2 N–H and O–H groups in total. The van der Waals surface area contributed by atoms with Crippen LogP contribution in [0.15, 0.2) is 12.3 Å². The molecule has 5 nitrogen and oxygen atoms in total. The molecule has 0 atom stereocenters. The summed E-state index contributed by atoms with van der Waals surface area (Å²) in [6, 6.07) is 1.90. The van der Waals surface area contributed by atoms with Crippen LogP contribution in [-0.2, 0) is 4.79 Å². The van der Waals surface area contributed by atoms with E-state index in [1.807, 2.05) is 13.0 Å². The van der Waals surface area contributed by atoms with Gasteiger partial charge in [-0.25, -0.2) is 4.98 Å². The maximum Gasteiger partial charge on any atom is 0.227 e. The van der Waals surface area contributed by atoms with Crippen molar-refractivity contribution in [2.45, 2.75) is 19.8 Å². The zero-order valence-corrected chi connectivity index (χ0v) is 8.95. The number of rotatable bonds is 2. The number of amides is 1. The molecule has 0 unspecified atom stereocenters. The van der Waals surface area contributed by atoms with Crippen molar-refractivity contribution in [1.82, 2.24) is 15.2 Å². The van der Waals surface area contributed by atoms with E-state index in [4.69, 9.17) is 0 Å². The summed E-state index contributed by atoms with van der Waals surface area (Å²) in [5, 5.41) is 10.7. The average molecular weight is 216 g/mol. The number of anilines is 1. The number of fused-ring (bicyclic) bond motifs is 1. The van der Waals surface area contributed by atoms with Crippen molar-refractivity contribution in [1.29, 1.82) is 0 Å². The highest BCUT2D eigenvalue weighted by Crippen LogP contribution is 2.30. The molecule has 1 saturated carbocycles. The molecule has 5 heteroatoms. The normalized spacial score (nSPS) is 15.3. The fourth-order valence-corrected chi connectivity index (χ4v) is 1.68. The van der Waals surface area contributed by atoms with Gasteiger partial charge in [0.2, 0.25) is 5.91 Å². The highest BCUT2D eigenvalue weighted by molar-refractivity contribution is 5.95. The molecule has 2 heterocycles. The van der Waals surface area contributed by atoms with Gasteiger partial charge in [-0.15, -0.1) is 0 Å². The highest BCUT2D eigenvalue weighted by Gasteiger charge is 2.29. The molecule has 3 rings (SSSR count). The number of carbonyl (C=O) groups is 1. The molecule has 16 heavy (non-hydrogen) atoms. The van der Waals surface area contributed by atoms with E-state index >= 15 is 0 Å². The van der Waals surface area contributed by atoms with Crippen molar-refractivity contribution in [2.75, 3.05) is 5.32 Å². The van der Waals surface area contributed by atoms with E-state index in [1.54, 1.807) is 6.20 Å². The Balaban J connectivity index is 1.91. The van der Waals surface area contributed by atoms with Gasteiger partial charge in [-0.1, -0.05) is 0 Å². The second kappa shape index (κ2) is 3.30. The fraction of sp³-hybridized carbons (Fsp3) is 0.364. The van der Waals surface area contributed by atoms with E-state index in [-0.39, 0.29) is 11.8 Å². The first-order valence-corrected chi connectivity index (χ1v) is 5.35. The molecule has 82 valence electrons. The van der Waals surface area contributed by atoms with E-state index in [2.05, 4.69) is 20.5 Å². The zero-order valence-electron chi connectivity index (χ0n) is 8.95. The maximum absolute atomic E-state index is 11.6. The summed E-state index contributed by atoms with van der Waals surface area (Å²) in [5.74, 6) is 0.309. The van der Waals surface area contributed by atoms with Crippen molar-refractivity contribution in [3.63, 3.8) is 0 Å². The first-order valence-electron chi connectivity index (χ1n) is 5.35. The number of aromatic amines is 1. The summed E-state index contributed by atoms with van der Waals surface area (Å²) in [7, 11) is 0. The van der Waals surface area contributed by atoms with Crippen LogP contribution in [0.25, 0.3) is 11.0 Å². The Morgan fingerprint density at radius 1 is 1.56 bits per heavy atom. The SMILES string of the molecule is Cc1[nH]nc2ncc(NC(=O)C3CC3)cc12. The van der Waals surface area contributed by atoms with Crippen LogP contribution in [0.3, 0.4) is 0 Å². The molecular weight excluding hydrogens is 204 g/mol. The second-order valence-corrected chi connectivity index (χ2v) is 4.21. The molecule has 0 radical (unpaired) electrons. The zero-order chi connectivity index (χ0) is 11.1. The van der Waals surface area contributed by atoms with Gasteiger partial charge in [0.25, 0.3) is 0 Å². The number of pyridine rings is 1. The largest absolute Gasteiger partial charge is 0.324 e. The van der Waals surface area contributed by atoms with E-state index in [0.717, 1.165) is 29.6 Å². The van der Waals surface area contributed by atoms with Gasteiger partial charge in [0.05, 0.1) is 11.9 Å². The average Bonchev–Trinajstić information content (AvgIpc) is 3.06. The molecule has 0 aromatic carbocycles. The third-order valence-electron chi connectivity index (χ3n) is 2.82. The lowest BCUT2D eigenvalue weighted by Gasteiger charge is -2.03. The Morgan fingerprint density at radius 3 is 3.12 bits per heavy atom. The first kappa shape index (κ1) is 9.33. The van der Waals surface area contributed by atoms with Crippen molar-refractivity contribution < 1.29 is 4.79 Å². The standard InChI is InChI=1S/C11H12N4O/c1-6-9-4-8(5-12-10(9)15-14-6)13-11(16)7-2-3-7/h4-5,7H,2-3H2,1H3,(H,13,16)(H,12,14,15). The summed E-state index contributed by atoms with van der Waals surface area (Å²) in [5.41, 5.74) is 2.39. The Bertz CT molecular complexity index is 556. The summed E-state index contributed by atoms with van der Waals surface area (Å²) in [6.45, 7) is 1.93. The van der Waals surface area contributed by atoms with Gasteiger partial charge < -0.3 is 5.32 Å². The summed E-state index contributed by atoms with van der Waals surface area (Å²) in [6.07, 6.45) is 3.65. The molecular formula is C11H12N4O. The van der Waals surface area contributed by atoms with Gasteiger partial charge in [-0.05, 0) is 25.8 Å². The number of carbonyl (C=O) groups excluding carboxylic acids is 1. The Hall–Kier alpha value is -1.91. The van der Waals surface area contributed by atoms with Crippen LogP contribution in [0.4, 0.5) is 5.69 Å². The molecule has 0 bridgehead atoms. The van der Waals surface area contributed by atoms with Crippen molar-refractivity contribution in [3.8, 4) is 0 Å². The van der Waals surface area contributed by atoms with Crippen LogP contribution in [0, 0.1) is 12.8 Å². The number of aromatic nitrogens is 3. The minimum absolute atomic E-state index is 0.0993. The Kier molecular flexibility index (Phi) is 1.92. The lowest BCUT2D eigenvalue weighted by atomic mass is 10.2. The van der Waals surface area contributed by atoms with Gasteiger partial charge >= 0.3 is 0 Å². The Labute approximate surface area is 92.3 Å². The first-order chi connectivity index (χ1) is 7.74. The number of aryl methyl sites for hydroxylation is 1. The van der Waals surface area contributed by atoms with E-state index < -0.39 is 0 Å². The van der Waals surface area contributed by atoms with E-state index in [9.17, 15) is 4.79 Å². The minimum atomic E-state index is 0.0993. The predicted octanol–water partition coefficient (Wildman–Crippen LogP) is 1.61. The highest BCUT2D eigenvalue weighted by atomic mass is 16.2. The predicted molar refractivity (Wildman–Crippen MR) is 60.0 cm³/mol. The monoisotopic (exact) mass is 216 g/mol. The van der Waals surface area contributed by atoms with Crippen LogP contribution < -0.4 is 5.32 Å². The van der Waals surface area contributed by atoms with Gasteiger partial charge in [-0.3, -0.25) is 9.89 Å². The number of hydrogen-bond donors (Lipinski definition) is 2. The van der Waals surface area contributed by atoms with Gasteiger partial charge in [0.1, 0.15) is 0 Å². The summed E-state index contributed by atoms with van der Waals surface area (Å²) >= 11 is 0. The van der Waals surface area contributed by atoms with Crippen LogP contribution in [0.1, 0.15) is 18.5 Å². The molecule has 1 aliphatic rings. The van der Waals surface area contributed by atoms with Crippen molar-refractivity contribution >= 4 is 22.6 Å². The number of nitrogens with one attached hydrogen (secondary N) is 2. The quantitative estimate of drug-likeness (QED) is 0.801. The Morgan fingerprint density at radius 2 is 2.38 bits per heavy atom. The second-order valence-electron chi connectivity index (χ2n) is 4.21. The molecule has 2 aromatic heterocycles. The number of H-pyrrole nitrogens is 1. The summed E-state index contributed by atoms with van der Waals surface area (Å²) in [4.78, 5) is 15.7. The van der Waals surface area contributed by atoms with Crippen LogP contribution >= 0.6 is 0 Å². The lowest BCUT2D eigenvalue weighted by molar-refractivity contribution is -0.117. The van der Waals surface area contributed by atoms with Gasteiger partial charge in [-0.2, -0.15) is 5.10 Å². The number of nitrogens with zero attached hydrogens (tertiary/aromatic N) is 2. The van der Waals surface area contributed by atoms with Crippen LogP contribution in [0.5, 0.6) is 0 Å². The van der Waals surface area contributed by atoms with Crippen molar-refractivity contribution in [2.24, 2.45) is 5.92 Å². The van der Waals surface area contributed by atoms with Crippen LogP contribution in [0.2, 0.25) is 0 Å². The molecule has 0 aliphatic heterocycles. The van der Waals surface area contributed by atoms with Crippen molar-refractivity contribution in [3.05, 3.63) is 18.0 Å². The molecule has 1 aliphatic carbocycles. The topological polar surface area (TPSA) is 70.7 Å². The molecule has 2 aromatic rings. The fourth-order valence-electron chi connectivity index (χ4n) is 1.68. The molecule has 0 saturated heterocycles.